The van der Waals surface area contributed by atoms with Crippen LogP contribution in [0.15, 0.2) is 67.0 Å². The third-order valence-electron chi connectivity index (χ3n) is 6.98. The van der Waals surface area contributed by atoms with Gasteiger partial charge in [-0.15, -0.1) is 5.10 Å². The summed E-state index contributed by atoms with van der Waals surface area (Å²) in [4.78, 5) is 29.9. The van der Waals surface area contributed by atoms with Crippen molar-refractivity contribution < 1.29 is 9.59 Å². The number of aryl methyl sites for hydroxylation is 2. The van der Waals surface area contributed by atoms with Crippen molar-refractivity contribution in [3.63, 3.8) is 0 Å². The Bertz CT molecular complexity index is 1680. The number of pyridine rings is 1. The van der Waals surface area contributed by atoms with E-state index < -0.39 is 0 Å². The Hall–Kier alpha value is -4.46. The van der Waals surface area contributed by atoms with Crippen molar-refractivity contribution in [2.45, 2.75) is 32.7 Å². The number of nitrogens with zero attached hydrogens (tertiary/aromatic N) is 4. The quantitative estimate of drug-likeness (QED) is 0.347. The number of fused-ring (bicyclic) bond motifs is 2. The van der Waals surface area contributed by atoms with E-state index in [9.17, 15) is 9.59 Å². The molecule has 8 heteroatoms. The first-order valence-corrected chi connectivity index (χ1v) is 12.5. The number of aromatic nitrogens is 4. The number of rotatable bonds is 6. The van der Waals surface area contributed by atoms with E-state index in [0.717, 1.165) is 46.0 Å². The second-order valence-corrected chi connectivity index (χ2v) is 9.91. The molecule has 0 aliphatic heterocycles. The molecule has 1 aliphatic rings. The minimum atomic E-state index is -0.115. The average molecular weight is 493 g/mol. The van der Waals surface area contributed by atoms with Crippen LogP contribution in [-0.2, 0) is 11.8 Å². The third kappa shape index (κ3) is 4.46. The SMILES string of the molecule is Cc1cccc([C@H](C)NC(=O)c2cn(C)c3ccc(-c4ccn5nc(NC(=O)C6CC6)nc5c4)cc23)c1. The highest BCUT2D eigenvalue weighted by Crippen LogP contribution is 2.31. The number of amides is 2. The van der Waals surface area contributed by atoms with Crippen LogP contribution in [0.25, 0.3) is 27.7 Å². The van der Waals surface area contributed by atoms with Crippen molar-refractivity contribution in [2.24, 2.45) is 13.0 Å². The lowest BCUT2D eigenvalue weighted by atomic mass is 10.0. The van der Waals surface area contributed by atoms with Crippen LogP contribution in [-0.4, -0.2) is 31.0 Å². The normalized spacial score (nSPS) is 14.1. The number of hydrogen-bond donors (Lipinski definition) is 2. The molecule has 0 unspecified atom stereocenters. The zero-order valence-corrected chi connectivity index (χ0v) is 21.0. The van der Waals surface area contributed by atoms with Gasteiger partial charge >= 0.3 is 0 Å². The van der Waals surface area contributed by atoms with Gasteiger partial charge in [-0.2, -0.15) is 4.98 Å². The van der Waals surface area contributed by atoms with E-state index in [-0.39, 0.29) is 23.8 Å². The van der Waals surface area contributed by atoms with Crippen LogP contribution < -0.4 is 10.6 Å². The predicted molar refractivity (Wildman–Crippen MR) is 143 cm³/mol. The minimum absolute atomic E-state index is 0.0202. The highest BCUT2D eigenvalue weighted by molar-refractivity contribution is 6.08. The van der Waals surface area contributed by atoms with E-state index in [2.05, 4.69) is 26.8 Å². The molecular weight excluding hydrogens is 464 g/mol. The summed E-state index contributed by atoms with van der Waals surface area (Å²) in [6, 6.07) is 18.1. The fourth-order valence-electron chi connectivity index (χ4n) is 4.72. The highest BCUT2D eigenvalue weighted by Gasteiger charge is 2.30. The Morgan fingerprint density at radius 1 is 1.05 bits per heavy atom. The molecule has 2 aromatic carbocycles. The fraction of sp³-hybridized carbons (Fsp3) is 0.241. The average Bonchev–Trinajstić information content (AvgIpc) is 3.59. The summed E-state index contributed by atoms with van der Waals surface area (Å²) in [5.41, 5.74) is 6.40. The van der Waals surface area contributed by atoms with Crippen molar-refractivity contribution in [3.8, 4) is 11.1 Å². The molecule has 1 saturated carbocycles. The molecule has 1 aliphatic carbocycles. The molecule has 0 bridgehead atoms. The molecule has 5 aromatic rings. The lowest BCUT2D eigenvalue weighted by Gasteiger charge is -2.14. The van der Waals surface area contributed by atoms with Crippen molar-refractivity contribution in [1.29, 1.82) is 0 Å². The van der Waals surface area contributed by atoms with Gasteiger partial charge in [0.15, 0.2) is 5.65 Å². The number of anilines is 1. The van der Waals surface area contributed by atoms with Gasteiger partial charge in [0.1, 0.15) is 0 Å². The van der Waals surface area contributed by atoms with Gasteiger partial charge in [0.25, 0.3) is 5.91 Å². The van der Waals surface area contributed by atoms with Gasteiger partial charge in [0.05, 0.1) is 11.6 Å². The molecule has 0 spiro atoms. The largest absolute Gasteiger partial charge is 0.350 e. The van der Waals surface area contributed by atoms with Crippen molar-refractivity contribution in [3.05, 3.63) is 83.7 Å². The van der Waals surface area contributed by atoms with Gasteiger partial charge in [-0.1, -0.05) is 35.9 Å². The number of benzene rings is 2. The van der Waals surface area contributed by atoms with E-state index in [4.69, 9.17) is 0 Å². The Morgan fingerprint density at radius 2 is 1.86 bits per heavy atom. The zero-order valence-electron chi connectivity index (χ0n) is 21.0. The van der Waals surface area contributed by atoms with E-state index in [1.165, 1.54) is 0 Å². The molecule has 3 heterocycles. The Morgan fingerprint density at radius 3 is 2.65 bits per heavy atom. The molecule has 2 N–H and O–H groups in total. The molecule has 0 radical (unpaired) electrons. The maximum absolute atomic E-state index is 13.3. The van der Waals surface area contributed by atoms with Crippen molar-refractivity contribution in [2.75, 3.05) is 5.32 Å². The second-order valence-electron chi connectivity index (χ2n) is 9.91. The molecule has 2 amide bonds. The van der Waals surface area contributed by atoms with Gasteiger partial charge in [0, 0.05) is 36.3 Å². The molecule has 6 rings (SSSR count). The standard InChI is InChI=1S/C29H28N6O2/c1-17-5-4-6-20(13-17)18(2)30-28(37)24-16-34(3)25-10-9-21(14-23(24)25)22-11-12-35-26(15-22)31-29(33-35)32-27(36)19-7-8-19/h4-6,9-16,18-19H,7-8H2,1-3H3,(H,30,37)(H,32,33,36)/t18-/m0/s1. The second kappa shape index (κ2) is 8.89. The van der Waals surface area contributed by atoms with Gasteiger partial charge < -0.3 is 9.88 Å². The predicted octanol–water partition coefficient (Wildman–Crippen LogP) is 5.04. The van der Waals surface area contributed by atoms with E-state index in [1.54, 1.807) is 4.52 Å². The van der Waals surface area contributed by atoms with Crippen LogP contribution in [0.4, 0.5) is 5.95 Å². The molecule has 37 heavy (non-hydrogen) atoms. The topological polar surface area (TPSA) is 93.3 Å². The lowest BCUT2D eigenvalue weighted by Crippen LogP contribution is -2.26. The fourth-order valence-corrected chi connectivity index (χ4v) is 4.72. The first kappa shape index (κ1) is 23.0. The summed E-state index contributed by atoms with van der Waals surface area (Å²) in [7, 11) is 1.95. The molecule has 1 atom stereocenters. The molecule has 1 fully saturated rings. The Labute approximate surface area is 214 Å². The minimum Gasteiger partial charge on any atom is -0.350 e. The summed E-state index contributed by atoms with van der Waals surface area (Å²) in [6.45, 7) is 4.05. The summed E-state index contributed by atoms with van der Waals surface area (Å²) in [6.07, 6.45) is 5.56. The summed E-state index contributed by atoms with van der Waals surface area (Å²) in [5, 5.41) is 11.2. The third-order valence-corrected chi connectivity index (χ3v) is 6.98. The number of carbonyl (C=O) groups excluding carboxylic acids is 2. The lowest BCUT2D eigenvalue weighted by molar-refractivity contribution is -0.117. The van der Waals surface area contributed by atoms with Crippen LogP contribution in [0.1, 0.15) is 47.3 Å². The van der Waals surface area contributed by atoms with Crippen LogP contribution in [0, 0.1) is 12.8 Å². The highest BCUT2D eigenvalue weighted by atomic mass is 16.2. The smallest absolute Gasteiger partial charge is 0.253 e. The Balaban J connectivity index is 1.29. The maximum atomic E-state index is 13.3. The van der Waals surface area contributed by atoms with Gasteiger partial charge in [-0.05, 0) is 67.6 Å². The zero-order chi connectivity index (χ0) is 25.7. The van der Waals surface area contributed by atoms with E-state index >= 15 is 0 Å². The number of carbonyl (C=O) groups is 2. The molecule has 3 aromatic heterocycles. The molecule has 0 saturated heterocycles. The number of nitrogens with one attached hydrogen (secondary N) is 2. The molecule has 8 nitrogen and oxygen atoms in total. The van der Waals surface area contributed by atoms with E-state index in [1.807, 2.05) is 86.4 Å². The van der Waals surface area contributed by atoms with Crippen LogP contribution in [0.5, 0.6) is 0 Å². The Kier molecular flexibility index (Phi) is 5.52. The van der Waals surface area contributed by atoms with Crippen LogP contribution in [0.2, 0.25) is 0 Å². The summed E-state index contributed by atoms with van der Waals surface area (Å²) in [5.74, 6) is 0.272. The van der Waals surface area contributed by atoms with Gasteiger partial charge in [0.2, 0.25) is 11.9 Å². The maximum Gasteiger partial charge on any atom is 0.253 e. The summed E-state index contributed by atoms with van der Waals surface area (Å²) >= 11 is 0. The molecule has 186 valence electrons. The van der Waals surface area contributed by atoms with Gasteiger partial charge in [-0.25, -0.2) is 4.52 Å². The van der Waals surface area contributed by atoms with E-state index in [0.29, 0.717) is 17.2 Å². The first-order chi connectivity index (χ1) is 17.9. The monoisotopic (exact) mass is 492 g/mol. The first-order valence-electron chi connectivity index (χ1n) is 12.5. The molecular formula is C29H28N6O2. The summed E-state index contributed by atoms with van der Waals surface area (Å²) < 4.78 is 3.63. The van der Waals surface area contributed by atoms with Crippen LogP contribution >= 0.6 is 0 Å². The van der Waals surface area contributed by atoms with Crippen molar-refractivity contribution in [1.82, 2.24) is 24.5 Å². The number of hydrogen-bond acceptors (Lipinski definition) is 4. The van der Waals surface area contributed by atoms with Crippen LogP contribution in [0.3, 0.4) is 0 Å². The van der Waals surface area contributed by atoms with Gasteiger partial charge in [-0.3, -0.25) is 14.9 Å². The van der Waals surface area contributed by atoms with Crippen molar-refractivity contribution >= 4 is 34.3 Å².